The molecule has 0 atom stereocenters. The smallest absolute Gasteiger partial charge is 0.232 e. The van der Waals surface area contributed by atoms with Crippen molar-refractivity contribution in [1.29, 1.82) is 0 Å². The van der Waals surface area contributed by atoms with Gasteiger partial charge in [0, 0.05) is 25.5 Å². The number of aromatic nitrogens is 2. The lowest BCUT2D eigenvalue weighted by molar-refractivity contribution is 0.102. The molecule has 0 amide bonds. The van der Waals surface area contributed by atoms with Crippen molar-refractivity contribution >= 4 is 5.78 Å². The molecule has 2 rings (SSSR count). The summed E-state index contributed by atoms with van der Waals surface area (Å²) in [6, 6.07) is 5.07. The molecule has 18 heavy (non-hydrogen) atoms. The molecule has 0 unspecified atom stereocenters. The number of aryl methyl sites for hydroxylation is 1. The van der Waals surface area contributed by atoms with Crippen LogP contribution in [0, 0.1) is 0 Å². The average molecular weight is 246 g/mol. The summed E-state index contributed by atoms with van der Waals surface area (Å²) >= 11 is 0. The highest BCUT2D eigenvalue weighted by molar-refractivity contribution is 6.08. The topological polar surface area (TPSA) is 53.3 Å². The Balaban J connectivity index is 2.45. The summed E-state index contributed by atoms with van der Waals surface area (Å²) in [6.07, 6.45) is 3.31. The maximum absolute atomic E-state index is 12.3. The van der Waals surface area contributed by atoms with Crippen molar-refractivity contribution in [2.45, 2.75) is 0 Å². The Bertz CT molecular complexity index is 575. The van der Waals surface area contributed by atoms with Crippen molar-refractivity contribution in [3.05, 3.63) is 42.0 Å². The molecule has 0 saturated heterocycles. The molecule has 5 nitrogen and oxygen atoms in total. The first-order chi connectivity index (χ1) is 8.67. The van der Waals surface area contributed by atoms with E-state index in [1.807, 2.05) is 0 Å². The molecule has 0 radical (unpaired) electrons. The number of benzene rings is 1. The van der Waals surface area contributed by atoms with Gasteiger partial charge in [-0.3, -0.25) is 4.79 Å². The molecular formula is C13H14N2O3. The van der Waals surface area contributed by atoms with Crippen LogP contribution in [0.3, 0.4) is 0 Å². The van der Waals surface area contributed by atoms with Crippen LogP contribution >= 0.6 is 0 Å². The van der Waals surface area contributed by atoms with E-state index in [2.05, 4.69) is 4.98 Å². The third kappa shape index (κ3) is 2.07. The summed E-state index contributed by atoms with van der Waals surface area (Å²) in [5.41, 5.74) is 0.465. The molecule has 5 heteroatoms. The monoisotopic (exact) mass is 246 g/mol. The molecule has 0 N–H and O–H groups in total. The van der Waals surface area contributed by atoms with Gasteiger partial charge in [0.05, 0.1) is 19.8 Å². The summed E-state index contributed by atoms with van der Waals surface area (Å²) < 4.78 is 12.0. The number of hydrogen-bond donors (Lipinski definition) is 0. The number of carbonyl (C=O) groups excluding carboxylic acids is 1. The van der Waals surface area contributed by atoms with E-state index in [1.165, 1.54) is 7.11 Å². The summed E-state index contributed by atoms with van der Waals surface area (Å²) in [5.74, 6) is 1.31. The fourth-order valence-electron chi connectivity index (χ4n) is 1.69. The number of hydrogen-bond acceptors (Lipinski definition) is 4. The van der Waals surface area contributed by atoms with E-state index in [0.717, 1.165) is 0 Å². The SMILES string of the molecule is COc1ccc(C(=O)c2nccn2C)c(OC)c1. The molecule has 1 aromatic heterocycles. The Labute approximate surface area is 105 Å². The van der Waals surface area contributed by atoms with Crippen LogP contribution in [0.15, 0.2) is 30.6 Å². The van der Waals surface area contributed by atoms with Crippen LogP contribution in [0.25, 0.3) is 0 Å². The van der Waals surface area contributed by atoms with Crippen LogP contribution in [-0.2, 0) is 7.05 Å². The van der Waals surface area contributed by atoms with Crippen molar-refractivity contribution in [2.24, 2.45) is 7.05 Å². The first-order valence-electron chi connectivity index (χ1n) is 5.41. The summed E-state index contributed by atoms with van der Waals surface area (Å²) in [7, 11) is 4.86. The van der Waals surface area contributed by atoms with Gasteiger partial charge in [-0.15, -0.1) is 0 Å². The number of ether oxygens (including phenoxy) is 2. The van der Waals surface area contributed by atoms with Gasteiger partial charge in [0.25, 0.3) is 0 Å². The van der Waals surface area contributed by atoms with E-state index >= 15 is 0 Å². The minimum atomic E-state index is -0.179. The molecule has 0 fully saturated rings. The van der Waals surface area contributed by atoms with E-state index < -0.39 is 0 Å². The summed E-state index contributed by atoms with van der Waals surface area (Å²) in [5, 5.41) is 0. The van der Waals surface area contributed by atoms with Gasteiger partial charge in [-0.2, -0.15) is 0 Å². The van der Waals surface area contributed by atoms with Crippen molar-refractivity contribution < 1.29 is 14.3 Å². The lowest BCUT2D eigenvalue weighted by Crippen LogP contribution is -2.10. The minimum Gasteiger partial charge on any atom is -0.497 e. The molecule has 0 aliphatic rings. The highest BCUT2D eigenvalue weighted by Crippen LogP contribution is 2.26. The van der Waals surface area contributed by atoms with Gasteiger partial charge >= 0.3 is 0 Å². The second-order valence-electron chi connectivity index (χ2n) is 3.76. The van der Waals surface area contributed by atoms with Crippen LogP contribution in [0.4, 0.5) is 0 Å². The molecule has 0 aliphatic heterocycles. The zero-order valence-corrected chi connectivity index (χ0v) is 10.5. The fourth-order valence-corrected chi connectivity index (χ4v) is 1.69. The molecule has 0 aliphatic carbocycles. The zero-order valence-electron chi connectivity index (χ0n) is 10.5. The number of rotatable bonds is 4. The first kappa shape index (κ1) is 12.2. The largest absolute Gasteiger partial charge is 0.497 e. The van der Waals surface area contributed by atoms with Gasteiger partial charge in [0.2, 0.25) is 5.78 Å². The summed E-state index contributed by atoms with van der Waals surface area (Å²) in [6.45, 7) is 0. The summed E-state index contributed by atoms with van der Waals surface area (Å²) in [4.78, 5) is 16.3. The standard InChI is InChI=1S/C13H14N2O3/c1-15-7-6-14-13(15)12(16)10-5-4-9(17-2)8-11(10)18-3/h4-8H,1-3H3. The van der Waals surface area contributed by atoms with E-state index in [0.29, 0.717) is 22.9 Å². The van der Waals surface area contributed by atoms with Crippen molar-refractivity contribution in [3.63, 3.8) is 0 Å². The van der Waals surface area contributed by atoms with Crippen LogP contribution in [0.1, 0.15) is 16.2 Å². The van der Waals surface area contributed by atoms with Gasteiger partial charge < -0.3 is 14.0 Å². The van der Waals surface area contributed by atoms with Crippen LogP contribution < -0.4 is 9.47 Å². The highest BCUT2D eigenvalue weighted by atomic mass is 16.5. The number of ketones is 1. The molecule has 94 valence electrons. The molecule has 1 aromatic carbocycles. The van der Waals surface area contributed by atoms with Gasteiger partial charge in [0.1, 0.15) is 11.5 Å². The second-order valence-corrected chi connectivity index (χ2v) is 3.76. The lowest BCUT2D eigenvalue weighted by Gasteiger charge is -2.09. The number of carbonyl (C=O) groups is 1. The lowest BCUT2D eigenvalue weighted by atomic mass is 10.1. The Morgan fingerprint density at radius 1 is 1.28 bits per heavy atom. The maximum atomic E-state index is 12.3. The number of methoxy groups -OCH3 is 2. The predicted octanol–water partition coefficient (Wildman–Crippen LogP) is 1.67. The highest BCUT2D eigenvalue weighted by Gasteiger charge is 2.18. The van der Waals surface area contributed by atoms with Gasteiger partial charge in [0.15, 0.2) is 5.82 Å². The van der Waals surface area contributed by atoms with Crippen molar-refractivity contribution in [1.82, 2.24) is 9.55 Å². The van der Waals surface area contributed by atoms with E-state index in [9.17, 15) is 4.79 Å². The van der Waals surface area contributed by atoms with Crippen LogP contribution in [0.2, 0.25) is 0 Å². The Kier molecular flexibility index (Phi) is 3.32. The maximum Gasteiger partial charge on any atom is 0.232 e. The molecule has 0 spiro atoms. The molecule has 0 bridgehead atoms. The van der Waals surface area contributed by atoms with E-state index in [4.69, 9.17) is 9.47 Å². The zero-order chi connectivity index (χ0) is 13.1. The second kappa shape index (κ2) is 4.91. The quantitative estimate of drug-likeness (QED) is 0.770. The Morgan fingerprint density at radius 2 is 2.06 bits per heavy atom. The normalized spacial score (nSPS) is 10.2. The van der Waals surface area contributed by atoms with E-state index in [1.54, 1.807) is 49.3 Å². The fraction of sp³-hybridized carbons (Fsp3) is 0.231. The molecule has 0 saturated carbocycles. The van der Waals surface area contributed by atoms with Gasteiger partial charge in [-0.1, -0.05) is 0 Å². The van der Waals surface area contributed by atoms with Crippen LogP contribution in [0.5, 0.6) is 11.5 Å². The van der Waals surface area contributed by atoms with Gasteiger partial charge in [-0.25, -0.2) is 4.98 Å². The number of imidazole rings is 1. The molecular weight excluding hydrogens is 232 g/mol. The van der Waals surface area contributed by atoms with Crippen molar-refractivity contribution in [3.8, 4) is 11.5 Å². The minimum absolute atomic E-state index is 0.179. The third-order valence-corrected chi connectivity index (χ3v) is 2.68. The van der Waals surface area contributed by atoms with Crippen molar-refractivity contribution in [2.75, 3.05) is 14.2 Å². The van der Waals surface area contributed by atoms with Gasteiger partial charge in [-0.05, 0) is 12.1 Å². The predicted molar refractivity (Wildman–Crippen MR) is 66.2 cm³/mol. The third-order valence-electron chi connectivity index (χ3n) is 2.68. The van der Waals surface area contributed by atoms with E-state index in [-0.39, 0.29) is 5.78 Å². The van der Waals surface area contributed by atoms with Crippen LogP contribution in [-0.4, -0.2) is 29.6 Å². The average Bonchev–Trinajstić information content (AvgIpc) is 2.83. The molecule has 1 heterocycles. The Hall–Kier alpha value is -2.30. The number of nitrogens with zero attached hydrogens (tertiary/aromatic N) is 2. The Morgan fingerprint density at radius 3 is 2.61 bits per heavy atom. The molecule has 2 aromatic rings. The first-order valence-corrected chi connectivity index (χ1v) is 5.41.